The fourth-order valence-corrected chi connectivity index (χ4v) is 5.57. The van der Waals surface area contributed by atoms with Gasteiger partial charge in [0.1, 0.15) is 28.5 Å². The lowest BCUT2D eigenvalue weighted by atomic mass is 9.96. The molecule has 5 aromatic rings. The van der Waals surface area contributed by atoms with E-state index >= 15 is 4.39 Å². The summed E-state index contributed by atoms with van der Waals surface area (Å²) in [6, 6.07) is 6.44. The highest BCUT2D eigenvalue weighted by Gasteiger charge is 2.37. The van der Waals surface area contributed by atoms with Gasteiger partial charge in [0.05, 0.1) is 40.7 Å². The lowest BCUT2D eigenvalue weighted by molar-refractivity contribution is 0.0160. The van der Waals surface area contributed by atoms with Crippen molar-refractivity contribution in [3.8, 4) is 22.8 Å². The quantitative estimate of drug-likeness (QED) is 0.272. The van der Waals surface area contributed by atoms with Gasteiger partial charge in [-0.05, 0) is 76.9 Å². The van der Waals surface area contributed by atoms with Crippen LogP contribution in [0.25, 0.3) is 33.7 Å². The first-order valence-electron chi connectivity index (χ1n) is 13.8. The highest BCUT2D eigenvalue weighted by Crippen LogP contribution is 2.39. The zero-order chi connectivity index (χ0) is 30.1. The van der Waals surface area contributed by atoms with Gasteiger partial charge in [-0.15, -0.1) is 5.10 Å². The number of halogens is 2. The second-order valence-electron chi connectivity index (χ2n) is 11.8. The van der Waals surface area contributed by atoms with Crippen molar-refractivity contribution in [2.24, 2.45) is 7.05 Å². The summed E-state index contributed by atoms with van der Waals surface area (Å²) in [4.78, 5) is 14.8. The first-order valence-corrected chi connectivity index (χ1v) is 13.8. The maximum absolute atomic E-state index is 15.5. The number of aromatic nitrogens is 7. The number of benzene rings is 2. The second-order valence-corrected chi connectivity index (χ2v) is 11.8. The van der Waals surface area contributed by atoms with Crippen molar-refractivity contribution in [3.05, 3.63) is 70.7 Å². The Balaban J connectivity index is 1.51. The molecule has 0 N–H and O–H groups in total. The third kappa shape index (κ3) is 4.50. The zero-order valence-corrected chi connectivity index (χ0v) is 24.6. The summed E-state index contributed by atoms with van der Waals surface area (Å²) in [6.07, 6.45) is 3.17. The van der Waals surface area contributed by atoms with Crippen LogP contribution in [0.1, 0.15) is 56.1 Å². The standard InChI is InChI=1S/C30H32F2N8O2/c1-16-12-19(13-17(2)26(16)31)40-28(25-18(3)38(11-10-21(25)35-40)29(41)42-30(4,5)6)22-15-39(36-34-22)24-9-8-23-20(27(24)32)14-33-37(23)7/h8-9,12-15,18H,10-11H2,1-7H3/t18-/m0/s1. The second kappa shape index (κ2) is 9.74. The van der Waals surface area contributed by atoms with Crippen LogP contribution in [-0.2, 0) is 18.2 Å². The number of carbonyl (C=O) groups excluding carboxylic acids is 1. The molecule has 2 aromatic carbocycles. The first-order chi connectivity index (χ1) is 19.8. The summed E-state index contributed by atoms with van der Waals surface area (Å²) in [5.74, 6) is -0.754. The third-order valence-corrected chi connectivity index (χ3v) is 7.59. The molecule has 42 heavy (non-hydrogen) atoms. The van der Waals surface area contributed by atoms with Crippen LogP contribution in [0.3, 0.4) is 0 Å². The van der Waals surface area contributed by atoms with Crippen molar-refractivity contribution in [1.29, 1.82) is 0 Å². The topological polar surface area (TPSA) is 95.9 Å². The average molecular weight is 575 g/mol. The number of amides is 1. The van der Waals surface area contributed by atoms with Crippen LogP contribution in [0.4, 0.5) is 13.6 Å². The molecule has 0 bridgehead atoms. The maximum atomic E-state index is 15.5. The van der Waals surface area contributed by atoms with E-state index in [1.165, 1.54) is 10.9 Å². The summed E-state index contributed by atoms with van der Waals surface area (Å²) < 4.78 is 40.5. The van der Waals surface area contributed by atoms with Crippen LogP contribution in [0, 0.1) is 25.5 Å². The largest absolute Gasteiger partial charge is 0.444 e. The molecule has 0 saturated carbocycles. The number of carbonyl (C=O) groups is 1. The van der Waals surface area contributed by atoms with Crippen molar-refractivity contribution in [2.45, 2.75) is 59.6 Å². The van der Waals surface area contributed by atoms with Crippen LogP contribution in [0.2, 0.25) is 0 Å². The van der Waals surface area contributed by atoms with Gasteiger partial charge in [-0.3, -0.25) is 4.68 Å². The van der Waals surface area contributed by atoms with E-state index < -0.39 is 23.6 Å². The van der Waals surface area contributed by atoms with Gasteiger partial charge in [0.15, 0.2) is 5.82 Å². The molecule has 4 heterocycles. The summed E-state index contributed by atoms with van der Waals surface area (Å²) in [7, 11) is 1.75. The molecule has 0 spiro atoms. The number of hydrogen-bond donors (Lipinski definition) is 0. The molecule has 1 aliphatic heterocycles. The van der Waals surface area contributed by atoms with Crippen LogP contribution < -0.4 is 0 Å². The van der Waals surface area contributed by atoms with Crippen molar-refractivity contribution >= 4 is 17.0 Å². The minimum atomic E-state index is -0.657. The first kappa shape index (κ1) is 27.6. The fourth-order valence-electron chi connectivity index (χ4n) is 5.57. The van der Waals surface area contributed by atoms with E-state index in [1.54, 1.807) is 65.6 Å². The van der Waals surface area contributed by atoms with Crippen LogP contribution in [0.15, 0.2) is 36.7 Å². The lowest BCUT2D eigenvalue weighted by Gasteiger charge is -2.34. The minimum absolute atomic E-state index is 0.214. The molecule has 0 saturated heterocycles. The molecule has 0 fully saturated rings. The predicted octanol–water partition coefficient (Wildman–Crippen LogP) is 5.76. The Bertz CT molecular complexity index is 1840. The zero-order valence-electron chi connectivity index (χ0n) is 24.6. The van der Waals surface area contributed by atoms with Gasteiger partial charge in [0, 0.05) is 25.6 Å². The number of rotatable bonds is 3. The highest BCUT2D eigenvalue weighted by atomic mass is 19.1. The van der Waals surface area contributed by atoms with Crippen molar-refractivity contribution in [1.82, 2.24) is 39.5 Å². The van der Waals surface area contributed by atoms with E-state index in [1.807, 2.05) is 27.7 Å². The van der Waals surface area contributed by atoms with Gasteiger partial charge in [-0.1, -0.05) is 5.21 Å². The Hall–Kier alpha value is -4.61. The molecule has 0 radical (unpaired) electrons. The van der Waals surface area contributed by atoms with Gasteiger partial charge in [0.25, 0.3) is 0 Å². The van der Waals surface area contributed by atoms with Crippen LogP contribution in [0.5, 0.6) is 0 Å². The van der Waals surface area contributed by atoms with Crippen molar-refractivity contribution < 1.29 is 18.3 Å². The summed E-state index contributed by atoms with van der Waals surface area (Å²) in [6.45, 7) is 11.2. The molecule has 6 rings (SSSR count). The van der Waals surface area contributed by atoms with E-state index in [4.69, 9.17) is 9.84 Å². The monoisotopic (exact) mass is 574 g/mol. The number of ether oxygens (including phenoxy) is 1. The third-order valence-electron chi connectivity index (χ3n) is 7.59. The summed E-state index contributed by atoms with van der Waals surface area (Å²) in [5.41, 5.74) is 4.38. The van der Waals surface area contributed by atoms with E-state index in [0.29, 0.717) is 52.1 Å². The lowest BCUT2D eigenvalue weighted by Crippen LogP contribution is -2.42. The van der Waals surface area contributed by atoms with Crippen LogP contribution >= 0.6 is 0 Å². The molecule has 1 aliphatic rings. The normalized spacial score (nSPS) is 15.4. The Kier molecular flexibility index (Phi) is 6.39. The Morgan fingerprint density at radius 2 is 1.81 bits per heavy atom. The van der Waals surface area contributed by atoms with Gasteiger partial charge in [0.2, 0.25) is 0 Å². The van der Waals surface area contributed by atoms with Crippen molar-refractivity contribution in [2.75, 3.05) is 6.54 Å². The predicted molar refractivity (Wildman–Crippen MR) is 153 cm³/mol. The van der Waals surface area contributed by atoms with E-state index in [-0.39, 0.29) is 11.5 Å². The molecule has 3 aromatic heterocycles. The van der Waals surface area contributed by atoms with E-state index in [0.717, 1.165) is 11.3 Å². The fraction of sp³-hybridized carbons (Fsp3) is 0.367. The number of nitrogens with zero attached hydrogens (tertiary/aromatic N) is 8. The molecule has 218 valence electrons. The average Bonchev–Trinajstić information content (AvgIpc) is 3.64. The molecular formula is C30H32F2N8O2. The number of hydrogen-bond acceptors (Lipinski definition) is 6. The molecule has 10 nitrogen and oxygen atoms in total. The molecule has 1 amide bonds. The van der Waals surface area contributed by atoms with E-state index in [9.17, 15) is 9.18 Å². The molecule has 0 aliphatic carbocycles. The molecular weight excluding hydrogens is 542 g/mol. The van der Waals surface area contributed by atoms with E-state index in [2.05, 4.69) is 15.4 Å². The highest BCUT2D eigenvalue weighted by molar-refractivity contribution is 5.82. The smallest absolute Gasteiger partial charge is 0.410 e. The van der Waals surface area contributed by atoms with Crippen molar-refractivity contribution in [3.63, 3.8) is 0 Å². The molecule has 12 heteroatoms. The summed E-state index contributed by atoms with van der Waals surface area (Å²) in [5, 5.41) is 18.2. The molecule has 0 unspecified atom stereocenters. The number of aryl methyl sites for hydroxylation is 3. The van der Waals surface area contributed by atoms with Gasteiger partial charge in [-0.2, -0.15) is 10.2 Å². The Morgan fingerprint density at radius 1 is 1.10 bits per heavy atom. The SMILES string of the molecule is Cc1cc(-n2nc3c(c2-c2cn(-c4ccc5c(cnn5C)c4F)nn2)[C@H](C)N(C(=O)OC(C)(C)C)CC3)cc(C)c1F. The molecule has 1 atom stereocenters. The van der Waals surface area contributed by atoms with Crippen LogP contribution in [-0.4, -0.2) is 57.7 Å². The Morgan fingerprint density at radius 3 is 2.50 bits per heavy atom. The Labute approximate surface area is 241 Å². The number of fused-ring (bicyclic) bond motifs is 2. The maximum Gasteiger partial charge on any atom is 0.410 e. The van der Waals surface area contributed by atoms with Gasteiger partial charge < -0.3 is 9.64 Å². The van der Waals surface area contributed by atoms with Gasteiger partial charge in [-0.25, -0.2) is 22.9 Å². The minimum Gasteiger partial charge on any atom is -0.444 e. The van der Waals surface area contributed by atoms with Gasteiger partial charge >= 0.3 is 6.09 Å². The summed E-state index contributed by atoms with van der Waals surface area (Å²) >= 11 is 0.